The highest BCUT2D eigenvalue weighted by Gasteiger charge is 2.11. The van der Waals surface area contributed by atoms with Gasteiger partial charge in [-0.2, -0.15) is 0 Å². The summed E-state index contributed by atoms with van der Waals surface area (Å²) in [5.41, 5.74) is 8.46. The van der Waals surface area contributed by atoms with Gasteiger partial charge in [0.1, 0.15) is 0 Å². The van der Waals surface area contributed by atoms with Crippen LogP contribution in [0.3, 0.4) is 0 Å². The number of ether oxygens (including phenoxy) is 1. The first kappa shape index (κ1) is 18.9. The van der Waals surface area contributed by atoms with Crippen molar-refractivity contribution in [2.24, 2.45) is 10.7 Å². The second-order valence-electron chi connectivity index (χ2n) is 5.27. The Labute approximate surface area is 148 Å². The van der Waals surface area contributed by atoms with E-state index in [0.717, 1.165) is 16.8 Å². The first-order chi connectivity index (χ1) is 12.0. The number of aliphatic imine (C=N–C) groups is 1. The van der Waals surface area contributed by atoms with E-state index in [1.807, 2.05) is 24.3 Å². The Balaban J connectivity index is 2.11. The van der Waals surface area contributed by atoms with Gasteiger partial charge in [-0.1, -0.05) is 30.3 Å². The SMILES string of the molecule is CNS(=O)(=O)c1cccc(CN=C(N)Nc2ccccc2COC)c1. The molecule has 4 N–H and O–H groups in total. The van der Waals surface area contributed by atoms with Crippen LogP contribution in [0.25, 0.3) is 0 Å². The standard InChI is InChI=1S/C17H22N4O3S/c1-19-25(22,23)15-8-5-6-13(10-15)11-20-17(18)21-16-9-4-3-7-14(16)12-24-2/h3-10,19H,11-12H2,1-2H3,(H3,18,20,21). The highest BCUT2D eigenvalue weighted by molar-refractivity contribution is 7.89. The molecule has 0 amide bonds. The fourth-order valence-electron chi connectivity index (χ4n) is 2.21. The van der Waals surface area contributed by atoms with Gasteiger partial charge in [-0.25, -0.2) is 18.1 Å². The minimum Gasteiger partial charge on any atom is -0.380 e. The van der Waals surface area contributed by atoms with Crippen molar-refractivity contribution in [1.82, 2.24) is 4.72 Å². The summed E-state index contributed by atoms with van der Waals surface area (Å²) in [6, 6.07) is 14.2. The van der Waals surface area contributed by atoms with Crippen LogP contribution in [0.4, 0.5) is 5.69 Å². The van der Waals surface area contributed by atoms with Gasteiger partial charge < -0.3 is 15.8 Å². The molecular weight excluding hydrogens is 340 g/mol. The van der Waals surface area contributed by atoms with E-state index in [-0.39, 0.29) is 17.4 Å². The maximum atomic E-state index is 11.8. The van der Waals surface area contributed by atoms with E-state index >= 15 is 0 Å². The molecule has 2 aromatic rings. The highest BCUT2D eigenvalue weighted by atomic mass is 32.2. The smallest absolute Gasteiger partial charge is 0.240 e. The summed E-state index contributed by atoms with van der Waals surface area (Å²) in [6.45, 7) is 0.721. The molecule has 0 unspecified atom stereocenters. The molecule has 0 aliphatic rings. The quantitative estimate of drug-likeness (QED) is 0.513. The number of hydrogen-bond acceptors (Lipinski definition) is 4. The molecule has 2 aromatic carbocycles. The number of rotatable bonds is 7. The molecule has 0 atom stereocenters. The Morgan fingerprint density at radius 2 is 1.96 bits per heavy atom. The van der Waals surface area contributed by atoms with Gasteiger partial charge >= 0.3 is 0 Å². The molecule has 0 aliphatic carbocycles. The Morgan fingerprint density at radius 3 is 2.68 bits per heavy atom. The number of nitrogens with two attached hydrogens (primary N) is 1. The van der Waals surface area contributed by atoms with Crippen LogP contribution >= 0.6 is 0 Å². The van der Waals surface area contributed by atoms with Gasteiger partial charge in [-0.15, -0.1) is 0 Å². The predicted octanol–water partition coefficient (Wildman–Crippen LogP) is 1.67. The van der Waals surface area contributed by atoms with Gasteiger partial charge in [0.25, 0.3) is 0 Å². The maximum Gasteiger partial charge on any atom is 0.240 e. The van der Waals surface area contributed by atoms with Crippen molar-refractivity contribution in [3.8, 4) is 0 Å². The second kappa shape index (κ2) is 8.61. The summed E-state index contributed by atoms with van der Waals surface area (Å²) >= 11 is 0. The van der Waals surface area contributed by atoms with E-state index < -0.39 is 10.0 Å². The van der Waals surface area contributed by atoms with E-state index in [1.54, 1.807) is 25.3 Å². The van der Waals surface area contributed by atoms with Crippen molar-refractivity contribution in [2.45, 2.75) is 18.0 Å². The van der Waals surface area contributed by atoms with Crippen LogP contribution in [0.2, 0.25) is 0 Å². The number of hydrogen-bond donors (Lipinski definition) is 3. The molecule has 0 bridgehead atoms. The summed E-state index contributed by atoms with van der Waals surface area (Å²) in [7, 11) is -0.479. The first-order valence-electron chi connectivity index (χ1n) is 7.62. The number of para-hydroxylation sites is 1. The van der Waals surface area contributed by atoms with Gasteiger partial charge in [0.05, 0.1) is 18.0 Å². The molecule has 134 valence electrons. The Kier molecular flexibility index (Phi) is 6.51. The number of nitrogens with zero attached hydrogens (tertiary/aromatic N) is 1. The Bertz CT molecular complexity index is 850. The lowest BCUT2D eigenvalue weighted by molar-refractivity contribution is 0.185. The minimum absolute atomic E-state index is 0.194. The molecule has 0 saturated carbocycles. The zero-order chi connectivity index (χ0) is 18.3. The van der Waals surface area contributed by atoms with E-state index in [9.17, 15) is 8.42 Å². The lowest BCUT2D eigenvalue weighted by atomic mass is 10.2. The maximum absolute atomic E-state index is 11.8. The number of sulfonamides is 1. The van der Waals surface area contributed by atoms with Gasteiger partial charge in [0.2, 0.25) is 10.0 Å². The molecule has 0 spiro atoms. The predicted molar refractivity (Wildman–Crippen MR) is 98.8 cm³/mol. The van der Waals surface area contributed by atoms with Crippen LogP contribution in [0.5, 0.6) is 0 Å². The van der Waals surface area contributed by atoms with Gasteiger partial charge in [0.15, 0.2) is 5.96 Å². The highest BCUT2D eigenvalue weighted by Crippen LogP contribution is 2.16. The normalized spacial score (nSPS) is 12.2. The molecule has 0 fully saturated rings. The summed E-state index contributed by atoms with van der Waals surface area (Å²) in [5, 5.41) is 3.04. The fraction of sp³-hybridized carbons (Fsp3) is 0.235. The molecule has 0 aromatic heterocycles. The first-order valence-corrected chi connectivity index (χ1v) is 9.11. The third kappa shape index (κ3) is 5.28. The van der Waals surface area contributed by atoms with Crippen LogP contribution in [-0.4, -0.2) is 28.5 Å². The van der Waals surface area contributed by atoms with Gasteiger partial charge in [0, 0.05) is 18.4 Å². The summed E-state index contributed by atoms with van der Waals surface area (Å²) in [4.78, 5) is 4.46. The van der Waals surface area contributed by atoms with E-state index in [2.05, 4.69) is 15.0 Å². The van der Waals surface area contributed by atoms with Crippen molar-refractivity contribution in [1.29, 1.82) is 0 Å². The molecule has 0 radical (unpaired) electrons. The number of anilines is 1. The number of nitrogens with one attached hydrogen (secondary N) is 2. The van der Waals surface area contributed by atoms with Crippen LogP contribution in [0.15, 0.2) is 58.4 Å². The zero-order valence-electron chi connectivity index (χ0n) is 14.2. The largest absolute Gasteiger partial charge is 0.380 e. The number of guanidine groups is 1. The molecular formula is C17H22N4O3S. The molecule has 0 saturated heterocycles. The molecule has 2 rings (SSSR count). The van der Waals surface area contributed by atoms with Crippen molar-refractivity contribution in [3.05, 3.63) is 59.7 Å². The minimum atomic E-state index is -3.48. The van der Waals surface area contributed by atoms with Crippen LogP contribution < -0.4 is 15.8 Å². The van der Waals surface area contributed by atoms with Crippen molar-refractivity contribution in [3.63, 3.8) is 0 Å². The van der Waals surface area contributed by atoms with Gasteiger partial charge in [-0.3, -0.25) is 0 Å². The van der Waals surface area contributed by atoms with E-state index in [4.69, 9.17) is 10.5 Å². The Morgan fingerprint density at radius 1 is 1.20 bits per heavy atom. The Hall–Kier alpha value is -2.42. The third-order valence-corrected chi connectivity index (χ3v) is 4.90. The lowest BCUT2D eigenvalue weighted by Gasteiger charge is -2.11. The average molecular weight is 362 g/mol. The monoisotopic (exact) mass is 362 g/mol. The molecule has 7 nitrogen and oxygen atoms in total. The van der Waals surface area contributed by atoms with Gasteiger partial charge in [-0.05, 0) is 30.8 Å². The van der Waals surface area contributed by atoms with E-state index in [0.29, 0.717) is 6.61 Å². The summed E-state index contributed by atoms with van der Waals surface area (Å²) in [6.07, 6.45) is 0. The average Bonchev–Trinajstić information content (AvgIpc) is 2.62. The molecule has 8 heteroatoms. The van der Waals surface area contributed by atoms with E-state index in [1.165, 1.54) is 13.1 Å². The van der Waals surface area contributed by atoms with Crippen LogP contribution in [-0.2, 0) is 27.9 Å². The fourth-order valence-corrected chi connectivity index (χ4v) is 3.01. The van der Waals surface area contributed by atoms with Crippen molar-refractivity contribution < 1.29 is 13.2 Å². The molecule has 0 aliphatic heterocycles. The van der Waals surface area contributed by atoms with Crippen LogP contribution in [0, 0.1) is 0 Å². The zero-order valence-corrected chi connectivity index (χ0v) is 15.0. The number of methoxy groups -OCH3 is 1. The molecule has 0 heterocycles. The third-order valence-electron chi connectivity index (χ3n) is 3.49. The lowest BCUT2D eigenvalue weighted by Crippen LogP contribution is -2.23. The topological polar surface area (TPSA) is 106 Å². The van der Waals surface area contributed by atoms with Crippen molar-refractivity contribution in [2.75, 3.05) is 19.5 Å². The van der Waals surface area contributed by atoms with Crippen molar-refractivity contribution >= 4 is 21.7 Å². The summed E-state index contributed by atoms with van der Waals surface area (Å²) < 4.78 is 31.1. The molecule has 25 heavy (non-hydrogen) atoms. The number of benzene rings is 2. The summed E-state index contributed by atoms with van der Waals surface area (Å²) in [5.74, 6) is 0.241. The van der Waals surface area contributed by atoms with Crippen LogP contribution in [0.1, 0.15) is 11.1 Å². The second-order valence-corrected chi connectivity index (χ2v) is 7.16.